The van der Waals surface area contributed by atoms with Crippen LogP contribution in [0.3, 0.4) is 0 Å². The van der Waals surface area contributed by atoms with Crippen molar-refractivity contribution in [1.82, 2.24) is 19.7 Å². The molecule has 0 unspecified atom stereocenters. The maximum atomic E-state index is 12.7. The van der Waals surface area contributed by atoms with E-state index in [0.717, 1.165) is 77.3 Å². The highest BCUT2D eigenvalue weighted by atomic mass is 16.5. The maximum absolute atomic E-state index is 12.7. The van der Waals surface area contributed by atoms with Gasteiger partial charge in [-0.1, -0.05) is 0 Å². The van der Waals surface area contributed by atoms with Crippen LogP contribution in [0.5, 0.6) is 0 Å². The van der Waals surface area contributed by atoms with E-state index in [1.165, 1.54) is 0 Å². The number of amides is 2. The molecule has 170 valence electrons. The summed E-state index contributed by atoms with van der Waals surface area (Å²) in [5.41, 5.74) is 1.67. The highest BCUT2D eigenvalue weighted by molar-refractivity contribution is 5.94. The highest BCUT2D eigenvalue weighted by Crippen LogP contribution is 2.27. The zero-order valence-corrected chi connectivity index (χ0v) is 18.5. The number of likely N-dealkylation sites (N-methyl/N-ethyl adjacent to an activating group) is 1. The fraction of sp³-hybridized carbons (Fsp3) is 0.696. The molecule has 4 rings (SSSR count). The lowest BCUT2D eigenvalue weighted by Gasteiger charge is -2.33. The molecule has 1 aromatic rings. The fourth-order valence-corrected chi connectivity index (χ4v) is 4.53. The third-order valence-corrected chi connectivity index (χ3v) is 6.64. The number of aromatic nitrogens is 1. The minimum Gasteiger partial charge on any atom is -0.376 e. The summed E-state index contributed by atoms with van der Waals surface area (Å²) in [6.07, 6.45) is 5.73. The Hall–Kier alpha value is -2.03. The number of pyridine rings is 1. The van der Waals surface area contributed by atoms with Crippen molar-refractivity contribution in [1.29, 1.82) is 0 Å². The first-order valence-electron chi connectivity index (χ1n) is 11.5. The number of rotatable bonds is 6. The largest absolute Gasteiger partial charge is 0.376 e. The van der Waals surface area contributed by atoms with Crippen molar-refractivity contribution in [3.8, 4) is 0 Å². The minimum absolute atomic E-state index is 0.0533. The number of likely N-dealkylation sites (tertiary alicyclic amines) is 1. The summed E-state index contributed by atoms with van der Waals surface area (Å²) < 4.78 is 11.1. The maximum Gasteiger partial charge on any atom is 0.255 e. The van der Waals surface area contributed by atoms with Crippen molar-refractivity contribution in [3.63, 3.8) is 0 Å². The van der Waals surface area contributed by atoms with Crippen molar-refractivity contribution >= 4 is 11.8 Å². The first-order valence-corrected chi connectivity index (χ1v) is 11.5. The number of hydrogen-bond donors (Lipinski definition) is 0. The molecular weight excluding hydrogens is 396 g/mol. The zero-order chi connectivity index (χ0) is 21.6. The Bertz CT molecular complexity index is 734. The Morgan fingerprint density at radius 3 is 2.48 bits per heavy atom. The van der Waals surface area contributed by atoms with Gasteiger partial charge in [0.2, 0.25) is 5.91 Å². The molecule has 3 aliphatic rings. The molecule has 1 atom stereocenters. The van der Waals surface area contributed by atoms with Crippen LogP contribution in [0, 0.1) is 0 Å². The summed E-state index contributed by atoms with van der Waals surface area (Å²) in [6, 6.07) is 3.88. The summed E-state index contributed by atoms with van der Waals surface area (Å²) >= 11 is 0. The zero-order valence-electron chi connectivity index (χ0n) is 18.5. The summed E-state index contributed by atoms with van der Waals surface area (Å²) in [5.74, 6) is 0.442. The third-order valence-electron chi connectivity index (χ3n) is 6.64. The Morgan fingerprint density at radius 2 is 1.84 bits per heavy atom. The van der Waals surface area contributed by atoms with Crippen LogP contribution in [-0.2, 0) is 14.3 Å². The van der Waals surface area contributed by atoms with E-state index in [-0.39, 0.29) is 24.5 Å². The smallest absolute Gasteiger partial charge is 0.255 e. The van der Waals surface area contributed by atoms with Crippen LogP contribution in [0.25, 0.3) is 0 Å². The number of piperidine rings is 1. The molecule has 8 heteroatoms. The van der Waals surface area contributed by atoms with Crippen LogP contribution >= 0.6 is 0 Å². The normalized spacial score (nSPS) is 23.3. The van der Waals surface area contributed by atoms with E-state index < -0.39 is 0 Å². The van der Waals surface area contributed by atoms with E-state index in [2.05, 4.69) is 16.9 Å². The van der Waals surface area contributed by atoms with Gasteiger partial charge in [0.15, 0.2) is 0 Å². The topological polar surface area (TPSA) is 75.2 Å². The SMILES string of the molecule is CN1CCN(C(=O)c2ccc(C3CCN(C(=O)COC[C@@H]4CCCO4)CC3)nc2)CC1. The molecule has 2 amide bonds. The van der Waals surface area contributed by atoms with Gasteiger partial charge in [0.05, 0.1) is 18.3 Å². The van der Waals surface area contributed by atoms with Gasteiger partial charge in [-0.05, 0) is 44.9 Å². The van der Waals surface area contributed by atoms with E-state index in [9.17, 15) is 9.59 Å². The number of piperazine rings is 1. The van der Waals surface area contributed by atoms with E-state index in [1.54, 1.807) is 6.20 Å². The van der Waals surface area contributed by atoms with Gasteiger partial charge >= 0.3 is 0 Å². The Labute approximate surface area is 184 Å². The van der Waals surface area contributed by atoms with E-state index in [1.807, 2.05) is 21.9 Å². The van der Waals surface area contributed by atoms with Gasteiger partial charge in [-0.15, -0.1) is 0 Å². The van der Waals surface area contributed by atoms with Gasteiger partial charge in [-0.3, -0.25) is 14.6 Å². The Morgan fingerprint density at radius 1 is 1.06 bits per heavy atom. The quantitative estimate of drug-likeness (QED) is 0.679. The number of carbonyl (C=O) groups excluding carboxylic acids is 2. The first kappa shape index (κ1) is 22.2. The molecule has 8 nitrogen and oxygen atoms in total. The van der Waals surface area contributed by atoms with Crippen molar-refractivity contribution in [2.45, 2.75) is 37.7 Å². The van der Waals surface area contributed by atoms with Crippen molar-refractivity contribution in [2.75, 3.05) is 66.1 Å². The molecule has 31 heavy (non-hydrogen) atoms. The molecular formula is C23H34N4O4. The van der Waals surface area contributed by atoms with Crippen molar-refractivity contribution in [2.24, 2.45) is 0 Å². The lowest BCUT2D eigenvalue weighted by Crippen LogP contribution is -2.47. The molecule has 0 bridgehead atoms. The van der Waals surface area contributed by atoms with Gasteiger partial charge in [-0.2, -0.15) is 0 Å². The molecule has 0 spiro atoms. The van der Waals surface area contributed by atoms with Crippen molar-refractivity contribution in [3.05, 3.63) is 29.6 Å². The Kier molecular flexibility index (Phi) is 7.53. The van der Waals surface area contributed by atoms with Crippen LogP contribution in [0.15, 0.2) is 18.3 Å². The molecule has 0 aromatic carbocycles. The second-order valence-corrected chi connectivity index (χ2v) is 8.87. The van der Waals surface area contributed by atoms with Gasteiger partial charge in [0.1, 0.15) is 6.61 Å². The van der Waals surface area contributed by atoms with Gasteiger partial charge in [0, 0.05) is 63.7 Å². The second-order valence-electron chi connectivity index (χ2n) is 8.87. The molecule has 0 N–H and O–H groups in total. The van der Waals surface area contributed by atoms with Gasteiger partial charge in [0.25, 0.3) is 5.91 Å². The standard InChI is InChI=1S/C23H34N4O4/c1-25-10-12-27(13-11-25)23(29)19-4-5-21(24-15-19)18-6-8-26(9-7-18)22(28)17-30-16-20-3-2-14-31-20/h4-5,15,18,20H,2-3,6-14,16-17H2,1H3/t20-/m0/s1. The average molecular weight is 431 g/mol. The molecule has 3 fully saturated rings. The predicted octanol–water partition coefficient (Wildman–Crippen LogP) is 1.37. The van der Waals surface area contributed by atoms with Crippen LogP contribution in [0.1, 0.15) is 47.7 Å². The first-order chi connectivity index (χ1) is 15.1. The lowest BCUT2D eigenvalue weighted by atomic mass is 9.92. The molecule has 0 radical (unpaired) electrons. The molecule has 0 saturated carbocycles. The molecule has 0 aliphatic carbocycles. The summed E-state index contributed by atoms with van der Waals surface area (Å²) in [7, 11) is 2.08. The van der Waals surface area contributed by atoms with E-state index in [0.29, 0.717) is 18.1 Å². The van der Waals surface area contributed by atoms with E-state index in [4.69, 9.17) is 9.47 Å². The van der Waals surface area contributed by atoms with E-state index >= 15 is 0 Å². The molecule has 3 aliphatic heterocycles. The molecule has 1 aromatic heterocycles. The molecule has 3 saturated heterocycles. The summed E-state index contributed by atoms with van der Waals surface area (Å²) in [6.45, 7) is 6.22. The number of carbonyl (C=O) groups is 2. The molecule has 4 heterocycles. The Balaban J connectivity index is 1.21. The third kappa shape index (κ3) is 5.81. The highest BCUT2D eigenvalue weighted by Gasteiger charge is 2.26. The van der Waals surface area contributed by atoms with Gasteiger partial charge < -0.3 is 24.2 Å². The monoisotopic (exact) mass is 430 g/mol. The summed E-state index contributed by atoms with van der Waals surface area (Å²) in [5, 5.41) is 0. The fourth-order valence-electron chi connectivity index (χ4n) is 4.53. The number of hydrogen-bond acceptors (Lipinski definition) is 6. The summed E-state index contributed by atoms with van der Waals surface area (Å²) in [4.78, 5) is 35.7. The minimum atomic E-state index is 0.0533. The van der Waals surface area contributed by atoms with Crippen molar-refractivity contribution < 1.29 is 19.1 Å². The van der Waals surface area contributed by atoms with Crippen LogP contribution < -0.4 is 0 Å². The number of nitrogens with zero attached hydrogens (tertiary/aromatic N) is 4. The second kappa shape index (κ2) is 10.5. The van der Waals surface area contributed by atoms with Gasteiger partial charge in [-0.25, -0.2) is 0 Å². The lowest BCUT2D eigenvalue weighted by molar-refractivity contribution is -0.138. The van der Waals surface area contributed by atoms with Crippen LogP contribution in [-0.4, -0.2) is 104 Å². The predicted molar refractivity (Wildman–Crippen MR) is 116 cm³/mol. The average Bonchev–Trinajstić information content (AvgIpc) is 3.33. The number of ether oxygens (including phenoxy) is 2. The van der Waals surface area contributed by atoms with Crippen LogP contribution in [0.2, 0.25) is 0 Å². The van der Waals surface area contributed by atoms with Crippen LogP contribution in [0.4, 0.5) is 0 Å².